The first kappa shape index (κ1) is 17.3. The van der Waals surface area contributed by atoms with Crippen molar-refractivity contribution in [3.8, 4) is 12.3 Å². The van der Waals surface area contributed by atoms with Crippen LogP contribution in [0.3, 0.4) is 0 Å². The molecule has 18 heavy (non-hydrogen) atoms. The first-order valence-electron chi connectivity index (χ1n) is 5.75. The number of halogens is 1. The lowest BCUT2D eigenvalue weighted by Gasteiger charge is -2.11. The minimum atomic E-state index is 0. The zero-order chi connectivity index (χ0) is 12.5. The highest BCUT2D eigenvalue weighted by molar-refractivity contribution is 14.0. The van der Waals surface area contributed by atoms with E-state index in [4.69, 9.17) is 6.42 Å². The maximum Gasteiger partial charge on any atom is 0.192 e. The number of hydrogen-bond donors (Lipinski definition) is 2. The van der Waals surface area contributed by atoms with E-state index in [1.54, 1.807) is 11.3 Å². The third-order valence-corrected chi connectivity index (χ3v) is 3.04. The van der Waals surface area contributed by atoms with Crippen LogP contribution >= 0.6 is 35.3 Å². The molecule has 0 amide bonds. The SMILES string of the molecule is C#CCNC(=NCC(C)c1ccsc1)NCC.I. The van der Waals surface area contributed by atoms with Gasteiger partial charge in [-0.3, -0.25) is 4.99 Å². The van der Waals surface area contributed by atoms with Crippen molar-refractivity contribution in [1.29, 1.82) is 0 Å². The molecule has 1 aromatic heterocycles. The second-order valence-corrected chi connectivity index (χ2v) is 4.52. The van der Waals surface area contributed by atoms with Crippen molar-refractivity contribution < 1.29 is 0 Å². The van der Waals surface area contributed by atoms with Gasteiger partial charge in [-0.2, -0.15) is 11.3 Å². The van der Waals surface area contributed by atoms with Gasteiger partial charge in [-0.05, 0) is 29.3 Å². The molecular weight excluding hydrogens is 357 g/mol. The van der Waals surface area contributed by atoms with Crippen molar-refractivity contribution in [3.05, 3.63) is 22.4 Å². The standard InChI is InChI=1S/C13H19N3S.HI/c1-4-7-15-13(14-5-2)16-9-11(3)12-6-8-17-10-12;/h1,6,8,10-11H,5,7,9H2,2-3H3,(H2,14,15,16);1H. The third-order valence-electron chi connectivity index (χ3n) is 2.34. The first-order chi connectivity index (χ1) is 8.27. The van der Waals surface area contributed by atoms with Crippen molar-refractivity contribution in [2.45, 2.75) is 19.8 Å². The van der Waals surface area contributed by atoms with Crippen molar-refractivity contribution in [2.24, 2.45) is 4.99 Å². The van der Waals surface area contributed by atoms with Crippen molar-refractivity contribution in [1.82, 2.24) is 10.6 Å². The van der Waals surface area contributed by atoms with Crippen LogP contribution in [0.5, 0.6) is 0 Å². The van der Waals surface area contributed by atoms with E-state index in [0.717, 1.165) is 19.0 Å². The summed E-state index contributed by atoms with van der Waals surface area (Å²) in [6.45, 7) is 6.31. The zero-order valence-corrected chi connectivity index (χ0v) is 13.9. The number of rotatable bonds is 5. The molecule has 5 heteroatoms. The second kappa shape index (κ2) is 10.2. The molecule has 0 aromatic carbocycles. The summed E-state index contributed by atoms with van der Waals surface area (Å²) in [6, 6.07) is 2.15. The van der Waals surface area contributed by atoms with Crippen LogP contribution in [0.4, 0.5) is 0 Å². The lowest BCUT2D eigenvalue weighted by atomic mass is 10.1. The highest BCUT2D eigenvalue weighted by Gasteiger charge is 2.05. The fraction of sp³-hybridized carbons (Fsp3) is 0.462. The summed E-state index contributed by atoms with van der Waals surface area (Å²) < 4.78 is 0. The van der Waals surface area contributed by atoms with E-state index in [9.17, 15) is 0 Å². The van der Waals surface area contributed by atoms with Gasteiger partial charge in [0.15, 0.2) is 5.96 Å². The fourth-order valence-corrected chi connectivity index (χ4v) is 2.15. The van der Waals surface area contributed by atoms with Gasteiger partial charge in [0.1, 0.15) is 0 Å². The van der Waals surface area contributed by atoms with E-state index in [0.29, 0.717) is 12.5 Å². The van der Waals surface area contributed by atoms with Gasteiger partial charge in [-0.1, -0.05) is 12.8 Å². The molecule has 1 heterocycles. The molecule has 100 valence electrons. The number of aliphatic imine (C=N–C) groups is 1. The average molecular weight is 377 g/mol. The van der Waals surface area contributed by atoms with Gasteiger partial charge in [0.2, 0.25) is 0 Å². The molecule has 1 unspecified atom stereocenters. The lowest BCUT2D eigenvalue weighted by Crippen LogP contribution is -2.37. The van der Waals surface area contributed by atoms with Crippen LogP contribution in [0, 0.1) is 12.3 Å². The van der Waals surface area contributed by atoms with Crippen LogP contribution in [-0.4, -0.2) is 25.6 Å². The number of guanidine groups is 1. The predicted octanol–water partition coefficient (Wildman–Crippen LogP) is 2.66. The molecule has 0 saturated carbocycles. The van der Waals surface area contributed by atoms with Crippen LogP contribution in [0.25, 0.3) is 0 Å². The molecule has 1 rings (SSSR count). The number of hydrogen-bond acceptors (Lipinski definition) is 2. The van der Waals surface area contributed by atoms with Crippen molar-refractivity contribution in [2.75, 3.05) is 19.6 Å². The van der Waals surface area contributed by atoms with E-state index >= 15 is 0 Å². The Morgan fingerprint density at radius 3 is 2.89 bits per heavy atom. The quantitative estimate of drug-likeness (QED) is 0.358. The van der Waals surface area contributed by atoms with Crippen molar-refractivity contribution >= 4 is 41.3 Å². The second-order valence-electron chi connectivity index (χ2n) is 3.74. The van der Waals surface area contributed by atoms with E-state index < -0.39 is 0 Å². The molecule has 0 aliphatic carbocycles. The van der Waals surface area contributed by atoms with Crippen LogP contribution < -0.4 is 10.6 Å². The van der Waals surface area contributed by atoms with Crippen LogP contribution in [0.1, 0.15) is 25.3 Å². The molecule has 0 fully saturated rings. The minimum Gasteiger partial charge on any atom is -0.357 e. The normalized spacial score (nSPS) is 12.2. The van der Waals surface area contributed by atoms with Crippen molar-refractivity contribution in [3.63, 3.8) is 0 Å². The number of nitrogens with one attached hydrogen (secondary N) is 2. The first-order valence-corrected chi connectivity index (χ1v) is 6.70. The van der Waals surface area contributed by atoms with Gasteiger partial charge in [0.25, 0.3) is 0 Å². The Morgan fingerprint density at radius 1 is 1.56 bits per heavy atom. The summed E-state index contributed by atoms with van der Waals surface area (Å²) in [4.78, 5) is 4.51. The predicted molar refractivity (Wildman–Crippen MR) is 91.0 cm³/mol. The Hall–Kier alpha value is -0.740. The van der Waals surface area contributed by atoms with Crippen LogP contribution in [0.15, 0.2) is 21.8 Å². The molecule has 2 N–H and O–H groups in total. The monoisotopic (exact) mass is 377 g/mol. The fourth-order valence-electron chi connectivity index (χ4n) is 1.37. The Kier molecular flexibility index (Phi) is 9.79. The summed E-state index contributed by atoms with van der Waals surface area (Å²) in [5, 5.41) is 10.5. The lowest BCUT2D eigenvalue weighted by molar-refractivity contribution is 0.760. The Morgan fingerprint density at radius 2 is 2.33 bits per heavy atom. The zero-order valence-electron chi connectivity index (χ0n) is 10.8. The molecule has 0 aliphatic heterocycles. The molecule has 0 radical (unpaired) electrons. The molecule has 1 atom stereocenters. The summed E-state index contributed by atoms with van der Waals surface area (Å²) in [5.74, 6) is 3.76. The average Bonchev–Trinajstić information content (AvgIpc) is 2.86. The van der Waals surface area contributed by atoms with E-state index in [-0.39, 0.29) is 24.0 Å². The Labute approximate surface area is 130 Å². The Balaban J connectivity index is 0.00000289. The van der Waals surface area contributed by atoms with Crippen LogP contribution in [-0.2, 0) is 0 Å². The summed E-state index contributed by atoms with van der Waals surface area (Å²) in [7, 11) is 0. The molecule has 3 nitrogen and oxygen atoms in total. The molecule has 0 bridgehead atoms. The third kappa shape index (κ3) is 6.26. The van der Waals surface area contributed by atoms with Gasteiger partial charge in [0, 0.05) is 19.0 Å². The minimum absolute atomic E-state index is 0. The van der Waals surface area contributed by atoms with Gasteiger partial charge in [-0.25, -0.2) is 0 Å². The number of nitrogens with zero attached hydrogens (tertiary/aromatic N) is 1. The maximum absolute atomic E-state index is 5.21. The number of terminal acetylenes is 1. The molecule has 0 aliphatic rings. The van der Waals surface area contributed by atoms with Crippen LogP contribution in [0.2, 0.25) is 0 Å². The largest absolute Gasteiger partial charge is 0.357 e. The van der Waals surface area contributed by atoms with Gasteiger partial charge >= 0.3 is 0 Å². The van der Waals surface area contributed by atoms with Gasteiger partial charge in [-0.15, -0.1) is 30.4 Å². The molecule has 0 saturated heterocycles. The molecule has 0 spiro atoms. The summed E-state index contributed by atoms with van der Waals surface area (Å²) in [6.07, 6.45) is 5.21. The van der Waals surface area contributed by atoms with E-state index in [1.165, 1.54) is 5.56 Å². The van der Waals surface area contributed by atoms with E-state index in [1.807, 2.05) is 6.92 Å². The summed E-state index contributed by atoms with van der Waals surface area (Å²) >= 11 is 1.72. The Bertz CT molecular complexity index is 381. The highest BCUT2D eigenvalue weighted by atomic mass is 127. The molecular formula is C13H20IN3S. The molecule has 1 aromatic rings. The summed E-state index contributed by atoms with van der Waals surface area (Å²) in [5.41, 5.74) is 1.34. The highest BCUT2D eigenvalue weighted by Crippen LogP contribution is 2.18. The van der Waals surface area contributed by atoms with Gasteiger partial charge < -0.3 is 10.6 Å². The van der Waals surface area contributed by atoms with Gasteiger partial charge in [0.05, 0.1) is 6.54 Å². The topological polar surface area (TPSA) is 36.4 Å². The smallest absolute Gasteiger partial charge is 0.192 e. The maximum atomic E-state index is 5.21. The number of thiophene rings is 1. The van der Waals surface area contributed by atoms with E-state index in [2.05, 4.69) is 45.3 Å².